The Kier molecular flexibility index (Phi) is 5.65. The molecule has 0 bridgehead atoms. The largest absolute Gasteiger partial charge is 0.408 e. The number of ketones is 2. The summed E-state index contributed by atoms with van der Waals surface area (Å²) in [6, 6.07) is 0. The topological polar surface area (TPSA) is 93.5 Å². The van der Waals surface area contributed by atoms with Crippen LogP contribution in [0, 0.1) is 6.92 Å². The summed E-state index contributed by atoms with van der Waals surface area (Å²) >= 11 is 0.812. The normalized spacial score (nSPS) is 11.8. The van der Waals surface area contributed by atoms with Gasteiger partial charge in [0.15, 0.2) is 11.6 Å². The first-order valence-corrected chi connectivity index (χ1v) is 8.33. The van der Waals surface area contributed by atoms with E-state index >= 15 is 0 Å². The zero-order valence-corrected chi connectivity index (χ0v) is 14.6. The van der Waals surface area contributed by atoms with Crippen LogP contribution in [0.15, 0.2) is 5.16 Å². The van der Waals surface area contributed by atoms with E-state index in [1.165, 1.54) is 6.92 Å². The van der Waals surface area contributed by atoms with Gasteiger partial charge in [-0.15, -0.1) is 5.10 Å². The van der Waals surface area contributed by atoms with Crippen molar-refractivity contribution >= 4 is 23.3 Å². The first kappa shape index (κ1) is 19.2. The lowest BCUT2D eigenvalue weighted by Gasteiger charge is -2.07. The van der Waals surface area contributed by atoms with E-state index in [4.69, 9.17) is 0 Å². The molecule has 1 N–H and O–H groups in total. The fraction of sp³-hybridized carbons (Fsp3) is 0.500. The molecule has 0 aromatic carbocycles. The Morgan fingerprint density at radius 1 is 1.32 bits per heavy atom. The van der Waals surface area contributed by atoms with E-state index in [-0.39, 0.29) is 22.5 Å². The van der Waals surface area contributed by atoms with Gasteiger partial charge in [-0.1, -0.05) is 18.7 Å². The molecule has 2 heterocycles. The van der Waals surface area contributed by atoms with E-state index in [0.29, 0.717) is 33.6 Å². The molecule has 136 valence electrons. The molecular weight excluding hydrogens is 359 g/mol. The van der Waals surface area contributed by atoms with E-state index in [0.717, 1.165) is 11.8 Å². The molecule has 0 fully saturated rings. The Morgan fingerprint density at radius 3 is 2.56 bits per heavy atom. The molecule has 0 atom stereocenters. The minimum absolute atomic E-state index is 0.0983. The van der Waals surface area contributed by atoms with Gasteiger partial charge in [0.1, 0.15) is 6.54 Å². The summed E-state index contributed by atoms with van der Waals surface area (Å²) in [5.74, 6) is -0.631. The summed E-state index contributed by atoms with van der Waals surface area (Å²) in [5, 5.41) is 9.90. The molecule has 0 aliphatic rings. The Labute approximate surface area is 145 Å². The van der Waals surface area contributed by atoms with Crippen molar-refractivity contribution in [3.05, 3.63) is 22.5 Å². The number of nitrogens with zero attached hydrogens (tertiary/aromatic N) is 4. The van der Waals surface area contributed by atoms with Crippen molar-refractivity contribution in [2.24, 2.45) is 0 Å². The van der Waals surface area contributed by atoms with Gasteiger partial charge in [-0.05, 0) is 36.3 Å². The van der Waals surface area contributed by atoms with Crippen LogP contribution < -0.4 is 0 Å². The Bertz CT molecular complexity index is 797. The second-order valence-electron chi connectivity index (χ2n) is 5.33. The highest BCUT2D eigenvalue weighted by atomic mass is 32.2. The van der Waals surface area contributed by atoms with Crippen LogP contribution in [-0.2, 0) is 13.0 Å². The van der Waals surface area contributed by atoms with Crippen molar-refractivity contribution in [2.45, 2.75) is 45.1 Å². The molecule has 0 saturated heterocycles. The number of Topliss-reactive ketones (excluding diaryl/α,β-unsaturated/α-hetero) is 2. The fourth-order valence-corrected chi connectivity index (χ4v) is 3.26. The molecule has 2 rings (SSSR count). The maximum atomic E-state index is 12.5. The highest BCUT2D eigenvalue weighted by Gasteiger charge is 2.30. The Morgan fingerprint density at radius 2 is 2.00 bits per heavy atom. The number of alkyl halides is 3. The third-order valence-corrected chi connectivity index (χ3v) is 4.39. The molecule has 0 amide bonds. The Hall–Kier alpha value is -2.17. The summed E-state index contributed by atoms with van der Waals surface area (Å²) in [6.45, 7) is 3.61. The number of rotatable bonds is 7. The van der Waals surface area contributed by atoms with Gasteiger partial charge in [-0.2, -0.15) is 13.2 Å². The lowest BCUT2D eigenvalue weighted by atomic mass is 10.0. The van der Waals surface area contributed by atoms with Crippen LogP contribution in [-0.4, -0.2) is 48.7 Å². The lowest BCUT2D eigenvalue weighted by Crippen LogP contribution is -2.19. The van der Waals surface area contributed by atoms with Crippen molar-refractivity contribution < 1.29 is 22.8 Å². The van der Waals surface area contributed by atoms with Crippen LogP contribution in [0.3, 0.4) is 0 Å². The summed E-state index contributed by atoms with van der Waals surface area (Å²) in [7, 11) is 0. The standard InChI is InChI=1S/C14H16F3N5O2S/c1-4-9-11(8(3)23)7(2)18-12(9)10(24)5-25-13-19-20-21-22(13)6-14(15,16)17/h18H,4-6H2,1-3H3. The number of nitrogens with one attached hydrogen (secondary N) is 1. The summed E-state index contributed by atoms with van der Waals surface area (Å²) < 4.78 is 38.0. The molecule has 0 aliphatic heterocycles. The average molecular weight is 375 g/mol. The van der Waals surface area contributed by atoms with Crippen LogP contribution >= 0.6 is 11.8 Å². The van der Waals surface area contributed by atoms with Crippen LogP contribution in [0.25, 0.3) is 0 Å². The number of aryl methyl sites for hydroxylation is 1. The van der Waals surface area contributed by atoms with E-state index in [1.54, 1.807) is 6.92 Å². The second-order valence-corrected chi connectivity index (χ2v) is 6.28. The number of carbonyl (C=O) groups excluding carboxylic acids is 2. The molecule has 0 saturated carbocycles. The summed E-state index contributed by atoms with van der Waals surface area (Å²) in [6.07, 6.45) is -3.98. The summed E-state index contributed by atoms with van der Waals surface area (Å²) in [4.78, 5) is 27.1. The number of halogens is 3. The van der Waals surface area contributed by atoms with E-state index in [2.05, 4.69) is 20.5 Å². The van der Waals surface area contributed by atoms with Gasteiger partial charge in [0, 0.05) is 11.3 Å². The molecule has 0 aliphatic carbocycles. The number of hydrogen-bond acceptors (Lipinski definition) is 6. The van der Waals surface area contributed by atoms with Gasteiger partial charge in [-0.25, -0.2) is 4.68 Å². The van der Waals surface area contributed by atoms with Crippen LogP contribution in [0.5, 0.6) is 0 Å². The van der Waals surface area contributed by atoms with Gasteiger partial charge < -0.3 is 4.98 Å². The fourth-order valence-electron chi connectivity index (χ4n) is 2.52. The number of aromatic amines is 1. The van der Waals surface area contributed by atoms with Crippen LogP contribution in [0.2, 0.25) is 0 Å². The van der Waals surface area contributed by atoms with Gasteiger partial charge in [0.2, 0.25) is 5.16 Å². The quantitative estimate of drug-likeness (QED) is 0.591. The molecule has 2 aromatic heterocycles. The molecule has 0 unspecified atom stereocenters. The SMILES string of the molecule is CCc1c(C(=O)CSc2nnnn2CC(F)(F)F)[nH]c(C)c1C(C)=O. The van der Waals surface area contributed by atoms with E-state index < -0.39 is 12.7 Å². The molecule has 0 radical (unpaired) electrons. The number of H-pyrrole nitrogens is 1. The van der Waals surface area contributed by atoms with E-state index in [1.807, 2.05) is 6.92 Å². The van der Waals surface area contributed by atoms with Crippen molar-refractivity contribution in [3.63, 3.8) is 0 Å². The van der Waals surface area contributed by atoms with Crippen molar-refractivity contribution in [3.8, 4) is 0 Å². The molecule has 0 spiro atoms. The van der Waals surface area contributed by atoms with Crippen LogP contribution in [0.4, 0.5) is 13.2 Å². The molecule has 7 nitrogen and oxygen atoms in total. The first-order valence-electron chi connectivity index (χ1n) is 7.35. The predicted molar refractivity (Wildman–Crippen MR) is 83.8 cm³/mol. The van der Waals surface area contributed by atoms with Gasteiger partial charge in [0.05, 0.1) is 11.4 Å². The van der Waals surface area contributed by atoms with Gasteiger partial charge in [0.25, 0.3) is 0 Å². The van der Waals surface area contributed by atoms with Crippen molar-refractivity contribution in [1.82, 2.24) is 25.2 Å². The third-order valence-electron chi connectivity index (χ3n) is 3.44. The highest BCUT2D eigenvalue weighted by Crippen LogP contribution is 2.24. The zero-order chi connectivity index (χ0) is 18.8. The average Bonchev–Trinajstić information content (AvgIpc) is 3.06. The van der Waals surface area contributed by atoms with Crippen molar-refractivity contribution in [2.75, 3.05) is 5.75 Å². The summed E-state index contributed by atoms with van der Waals surface area (Å²) in [5.41, 5.74) is 2.00. The van der Waals surface area contributed by atoms with Gasteiger partial charge in [-0.3, -0.25) is 9.59 Å². The monoisotopic (exact) mass is 375 g/mol. The first-order chi connectivity index (χ1) is 11.6. The van der Waals surface area contributed by atoms with Crippen LogP contribution in [0.1, 0.15) is 46.0 Å². The molecule has 2 aromatic rings. The van der Waals surface area contributed by atoms with Crippen molar-refractivity contribution in [1.29, 1.82) is 0 Å². The minimum Gasteiger partial charge on any atom is -0.355 e. The second kappa shape index (κ2) is 7.38. The molecule has 25 heavy (non-hydrogen) atoms. The van der Waals surface area contributed by atoms with E-state index in [9.17, 15) is 22.8 Å². The number of aromatic nitrogens is 5. The highest BCUT2D eigenvalue weighted by molar-refractivity contribution is 7.99. The molecule has 11 heteroatoms. The Balaban J connectivity index is 2.16. The minimum atomic E-state index is -4.46. The van der Waals surface area contributed by atoms with Gasteiger partial charge >= 0.3 is 6.18 Å². The number of thioether (sulfide) groups is 1. The predicted octanol–water partition coefficient (Wildman–Crippen LogP) is 2.61. The lowest BCUT2D eigenvalue weighted by molar-refractivity contribution is -0.144. The number of hydrogen-bond donors (Lipinski definition) is 1. The third kappa shape index (κ3) is 4.47. The number of carbonyl (C=O) groups is 2. The maximum absolute atomic E-state index is 12.5. The zero-order valence-electron chi connectivity index (χ0n) is 13.8. The smallest absolute Gasteiger partial charge is 0.355 e. The maximum Gasteiger partial charge on any atom is 0.408 e. The molecular formula is C14H16F3N5O2S. The number of tetrazole rings is 1.